The Morgan fingerprint density at radius 2 is 1.58 bits per heavy atom. The molecule has 0 saturated carbocycles. The molecule has 24 heavy (non-hydrogen) atoms. The van der Waals surface area contributed by atoms with Crippen LogP contribution in [0, 0.1) is 0 Å². The zero-order valence-electron chi connectivity index (χ0n) is 15.2. The quantitative estimate of drug-likeness (QED) is 0.468. The number of hydrogen-bond donors (Lipinski definition) is 0. The van der Waals surface area contributed by atoms with Crippen LogP contribution in [0.5, 0.6) is 0 Å². The number of allylic oxidation sites excluding steroid dienone is 1. The third-order valence-electron chi connectivity index (χ3n) is 6.91. The summed E-state index contributed by atoms with van der Waals surface area (Å²) in [6.45, 7) is 5.90. The molecule has 4 rings (SSSR count). The van der Waals surface area contributed by atoms with Crippen molar-refractivity contribution in [1.82, 2.24) is 0 Å². The van der Waals surface area contributed by atoms with Gasteiger partial charge in [0.1, 0.15) is 0 Å². The normalized spacial score (nSPS) is 33.4. The van der Waals surface area contributed by atoms with Gasteiger partial charge in [0, 0.05) is 0 Å². The van der Waals surface area contributed by atoms with Gasteiger partial charge in [-0.15, -0.1) is 5.47 Å². The maximum atomic E-state index is 7.53. The molecule has 3 heterocycles. The SMILES string of the molecule is C[Si](C)C1=C(B2C3CCCC2CCC3)CC[Si]1(Cl)c1ccccc1. The van der Waals surface area contributed by atoms with Gasteiger partial charge in [0.05, 0.1) is 8.80 Å². The van der Waals surface area contributed by atoms with Crippen molar-refractivity contribution in [2.75, 3.05) is 0 Å². The van der Waals surface area contributed by atoms with E-state index in [1.807, 2.05) is 10.3 Å². The number of benzene rings is 1. The summed E-state index contributed by atoms with van der Waals surface area (Å²) in [5.74, 6) is 1.96. The van der Waals surface area contributed by atoms with Crippen molar-refractivity contribution in [1.29, 1.82) is 0 Å². The molecule has 2 saturated heterocycles. The fraction of sp³-hybridized carbons (Fsp3) is 0.600. The van der Waals surface area contributed by atoms with Gasteiger partial charge in [0.15, 0.2) is 6.71 Å². The lowest BCUT2D eigenvalue weighted by Crippen LogP contribution is -2.47. The molecule has 2 fully saturated rings. The first kappa shape index (κ1) is 17.2. The number of hydrogen-bond acceptors (Lipinski definition) is 0. The first-order valence-electron chi connectivity index (χ1n) is 9.90. The molecule has 127 valence electrons. The van der Waals surface area contributed by atoms with Crippen LogP contribution in [0.4, 0.5) is 0 Å². The predicted octanol–water partition coefficient (Wildman–Crippen LogP) is 5.75. The fourth-order valence-corrected chi connectivity index (χ4v) is 16.7. The Bertz CT molecular complexity index is 608. The Hall–Kier alpha value is -0.251. The van der Waals surface area contributed by atoms with E-state index in [1.54, 1.807) is 0 Å². The van der Waals surface area contributed by atoms with E-state index in [1.165, 1.54) is 56.2 Å². The first-order valence-corrected chi connectivity index (χ1v) is 15.6. The topological polar surface area (TPSA) is 0 Å². The van der Waals surface area contributed by atoms with Crippen molar-refractivity contribution in [3.8, 4) is 0 Å². The summed E-state index contributed by atoms with van der Waals surface area (Å²) >= 11 is 7.53. The smallest absolute Gasteiger partial charge is 0.156 e. The molecule has 0 amide bonds. The third-order valence-corrected chi connectivity index (χ3v) is 16.6. The van der Waals surface area contributed by atoms with Crippen molar-refractivity contribution >= 4 is 39.2 Å². The Labute approximate surface area is 155 Å². The highest BCUT2D eigenvalue weighted by Gasteiger charge is 2.50. The number of rotatable bonds is 3. The summed E-state index contributed by atoms with van der Waals surface area (Å²) in [5.41, 5.74) is 1.88. The number of halogens is 1. The standard InChI is InChI=1S/C20H29BClSi2/c1-23(2)20-19(21-16-8-6-9-17(21)11-7-10-16)14-15-24(20,22)18-12-4-3-5-13-18/h3-5,12-13,16-17H,6-11,14-15H2,1-2H3. The Kier molecular flexibility index (Phi) is 4.87. The highest BCUT2D eigenvalue weighted by Crippen LogP contribution is 2.53. The second kappa shape index (κ2) is 6.81. The minimum Gasteiger partial charge on any atom is -0.156 e. The lowest BCUT2D eigenvalue weighted by molar-refractivity contribution is 0.445. The molecule has 1 aromatic rings. The maximum absolute atomic E-state index is 7.53. The minimum atomic E-state index is -1.95. The molecule has 1 aromatic carbocycles. The molecule has 0 N–H and O–H groups in total. The Balaban J connectivity index is 1.78. The maximum Gasteiger partial charge on any atom is 0.208 e. The molecule has 3 aliphatic rings. The van der Waals surface area contributed by atoms with Crippen molar-refractivity contribution in [2.45, 2.75) is 75.7 Å². The van der Waals surface area contributed by atoms with Crippen molar-refractivity contribution in [3.63, 3.8) is 0 Å². The average molecular weight is 372 g/mol. The molecular weight excluding hydrogens is 343 g/mol. The molecule has 1 unspecified atom stereocenters. The molecular formula is C20H29BClSi2. The molecule has 0 nitrogen and oxygen atoms in total. The van der Waals surface area contributed by atoms with E-state index in [0.717, 1.165) is 18.3 Å². The highest BCUT2D eigenvalue weighted by atomic mass is 35.6. The van der Waals surface area contributed by atoms with Crippen LogP contribution in [-0.2, 0) is 0 Å². The van der Waals surface area contributed by atoms with Crippen molar-refractivity contribution in [2.24, 2.45) is 0 Å². The van der Waals surface area contributed by atoms with E-state index in [9.17, 15) is 0 Å². The van der Waals surface area contributed by atoms with Crippen molar-refractivity contribution < 1.29 is 0 Å². The summed E-state index contributed by atoms with van der Waals surface area (Å²) < 4.78 is 0. The summed E-state index contributed by atoms with van der Waals surface area (Å²) in [6, 6.07) is 12.4. The van der Waals surface area contributed by atoms with Gasteiger partial charge in [-0.05, 0) is 17.7 Å². The molecule has 4 heteroatoms. The molecule has 1 radical (unpaired) electrons. The lowest BCUT2D eigenvalue weighted by atomic mass is 9.24. The molecule has 3 aliphatic heterocycles. The molecule has 0 spiro atoms. The van der Waals surface area contributed by atoms with Gasteiger partial charge in [0.2, 0.25) is 7.38 Å². The van der Waals surface area contributed by atoms with Crippen LogP contribution in [0.15, 0.2) is 40.6 Å². The predicted molar refractivity (Wildman–Crippen MR) is 113 cm³/mol. The van der Waals surface area contributed by atoms with Crippen LogP contribution >= 0.6 is 11.1 Å². The average Bonchev–Trinajstić information content (AvgIpc) is 2.94. The fourth-order valence-electron chi connectivity index (χ4n) is 6.10. The third kappa shape index (κ3) is 2.81. The van der Waals surface area contributed by atoms with Gasteiger partial charge in [-0.1, -0.05) is 98.4 Å². The summed E-state index contributed by atoms with van der Waals surface area (Å²) in [6.07, 6.45) is 10.2. The largest absolute Gasteiger partial charge is 0.208 e. The zero-order valence-corrected chi connectivity index (χ0v) is 17.9. The van der Waals surface area contributed by atoms with Crippen LogP contribution in [0.3, 0.4) is 0 Å². The van der Waals surface area contributed by atoms with Gasteiger partial charge in [-0.3, -0.25) is 0 Å². The van der Waals surface area contributed by atoms with Crippen LogP contribution in [0.1, 0.15) is 44.9 Å². The molecule has 1 atom stereocenters. The van der Waals surface area contributed by atoms with Gasteiger partial charge in [-0.2, -0.15) is 11.1 Å². The van der Waals surface area contributed by atoms with E-state index >= 15 is 0 Å². The Morgan fingerprint density at radius 3 is 2.12 bits per heavy atom. The van der Waals surface area contributed by atoms with E-state index in [4.69, 9.17) is 11.1 Å². The summed E-state index contributed by atoms with van der Waals surface area (Å²) in [5, 5.41) is 1.48. The van der Waals surface area contributed by atoms with Gasteiger partial charge < -0.3 is 0 Å². The van der Waals surface area contributed by atoms with Gasteiger partial charge in [0.25, 0.3) is 0 Å². The molecule has 0 aromatic heterocycles. The van der Waals surface area contributed by atoms with E-state index < -0.39 is 16.2 Å². The number of fused-ring (bicyclic) bond motifs is 2. The van der Waals surface area contributed by atoms with Crippen LogP contribution in [-0.4, -0.2) is 22.9 Å². The zero-order chi connectivity index (χ0) is 16.7. The second-order valence-corrected chi connectivity index (χ2v) is 16.6. The summed E-state index contributed by atoms with van der Waals surface area (Å²) in [4.78, 5) is 1.82. The minimum absolute atomic E-state index is 0.483. The highest BCUT2D eigenvalue weighted by molar-refractivity contribution is 7.35. The van der Waals surface area contributed by atoms with Crippen LogP contribution < -0.4 is 5.19 Å². The van der Waals surface area contributed by atoms with Gasteiger partial charge in [-0.25, -0.2) is 0 Å². The summed E-state index contributed by atoms with van der Waals surface area (Å²) in [7, 11) is -2.44. The van der Waals surface area contributed by atoms with E-state index in [-0.39, 0.29) is 0 Å². The van der Waals surface area contributed by atoms with Crippen LogP contribution in [0.2, 0.25) is 30.8 Å². The molecule has 2 bridgehead atoms. The van der Waals surface area contributed by atoms with Crippen LogP contribution in [0.25, 0.3) is 0 Å². The van der Waals surface area contributed by atoms with Gasteiger partial charge >= 0.3 is 0 Å². The molecule has 0 aliphatic carbocycles. The Morgan fingerprint density at radius 1 is 1.00 bits per heavy atom. The van der Waals surface area contributed by atoms with E-state index in [0.29, 0.717) is 0 Å². The lowest BCUT2D eigenvalue weighted by Gasteiger charge is -2.42. The monoisotopic (exact) mass is 371 g/mol. The van der Waals surface area contributed by atoms with Crippen molar-refractivity contribution in [3.05, 3.63) is 40.6 Å². The van der Waals surface area contributed by atoms with E-state index in [2.05, 4.69) is 43.4 Å². The first-order chi connectivity index (χ1) is 11.6. The second-order valence-electron chi connectivity index (χ2n) is 8.48.